The van der Waals surface area contributed by atoms with Gasteiger partial charge in [-0.2, -0.15) is 0 Å². The number of carbonyl (C=O) groups excluding carboxylic acids is 1. The van der Waals surface area contributed by atoms with Gasteiger partial charge in [-0.25, -0.2) is 4.79 Å². The molecule has 0 spiro atoms. The number of carbonyl (C=O) groups is 1. The fourth-order valence-electron chi connectivity index (χ4n) is 2.01. The van der Waals surface area contributed by atoms with Crippen molar-refractivity contribution in [3.63, 3.8) is 0 Å². The van der Waals surface area contributed by atoms with Gasteiger partial charge in [0.05, 0.1) is 10.5 Å². The predicted octanol–water partition coefficient (Wildman–Crippen LogP) is 3.74. The maximum atomic E-state index is 12.1. The van der Waals surface area contributed by atoms with E-state index in [0.717, 1.165) is 11.1 Å². The fraction of sp³-hybridized carbons (Fsp3) is 0.188. The van der Waals surface area contributed by atoms with Gasteiger partial charge in [0, 0.05) is 11.6 Å². The lowest BCUT2D eigenvalue weighted by atomic mass is 10.1. The maximum absolute atomic E-state index is 12.1. The summed E-state index contributed by atoms with van der Waals surface area (Å²) in [6, 6.07) is 9.75. The van der Waals surface area contributed by atoms with Crippen molar-refractivity contribution < 1.29 is 14.5 Å². The molecule has 5 heteroatoms. The van der Waals surface area contributed by atoms with E-state index in [0.29, 0.717) is 11.3 Å². The molecular weight excluding hydrogens is 270 g/mol. The van der Waals surface area contributed by atoms with Gasteiger partial charge in [-0.3, -0.25) is 10.1 Å². The van der Waals surface area contributed by atoms with Crippen LogP contribution in [-0.4, -0.2) is 10.9 Å². The Hall–Kier alpha value is -2.69. The van der Waals surface area contributed by atoms with Crippen LogP contribution in [0.2, 0.25) is 0 Å². The second-order valence-electron chi connectivity index (χ2n) is 4.92. The van der Waals surface area contributed by atoms with Crippen molar-refractivity contribution in [3.8, 4) is 5.75 Å². The Morgan fingerprint density at radius 1 is 1.05 bits per heavy atom. The molecule has 0 saturated carbocycles. The van der Waals surface area contributed by atoms with Gasteiger partial charge < -0.3 is 4.74 Å². The summed E-state index contributed by atoms with van der Waals surface area (Å²) in [6.45, 7) is 5.41. The zero-order valence-corrected chi connectivity index (χ0v) is 12.0. The van der Waals surface area contributed by atoms with Crippen LogP contribution in [0.1, 0.15) is 27.0 Å². The molecule has 2 aromatic carbocycles. The van der Waals surface area contributed by atoms with Crippen molar-refractivity contribution in [2.45, 2.75) is 20.8 Å². The predicted molar refractivity (Wildman–Crippen MR) is 78.7 cm³/mol. The zero-order valence-electron chi connectivity index (χ0n) is 12.0. The van der Waals surface area contributed by atoms with Gasteiger partial charge in [0.15, 0.2) is 0 Å². The summed E-state index contributed by atoms with van der Waals surface area (Å²) < 4.78 is 5.30. The average Bonchev–Trinajstić information content (AvgIpc) is 2.42. The number of nitro groups is 1. The molecule has 0 bridgehead atoms. The number of aryl methyl sites for hydroxylation is 3. The van der Waals surface area contributed by atoms with Crippen molar-refractivity contribution >= 4 is 11.7 Å². The van der Waals surface area contributed by atoms with E-state index in [2.05, 4.69) is 0 Å². The van der Waals surface area contributed by atoms with Crippen LogP contribution >= 0.6 is 0 Å². The molecule has 21 heavy (non-hydrogen) atoms. The summed E-state index contributed by atoms with van der Waals surface area (Å²) in [6.07, 6.45) is 0. The summed E-state index contributed by atoms with van der Waals surface area (Å²) >= 11 is 0. The van der Waals surface area contributed by atoms with Crippen LogP contribution in [0.25, 0.3) is 0 Å². The summed E-state index contributed by atoms with van der Waals surface area (Å²) in [7, 11) is 0. The largest absolute Gasteiger partial charge is 0.423 e. The minimum atomic E-state index is -0.606. The van der Waals surface area contributed by atoms with Gasteiger partial charge >= 0.3 is 5.97 Å². The van der Waals surface area contributed by atoms with Crippen LogP contribution in [0.5, 0.6) is 5.75 Å². The summed E-state index contributed by atoms with van der Waals surface area (Å²) in [5, 5.41) is 10.9. The van der Waals surface area contributed by atoms with E-state index in [4.69, 9.17) is 4.74 Å². The van der Waals surface area contributed by atoms with Crippen LogP contribution in [0.15, 0.2) is 36.4 Å². The van der Waals surface area contributed by atoms with Gasteiger partial charge in [-0.15, -0.1) is 0 Å². The highest BCUT2D eigenvalue weighted by molar-refractivity contribution is 5.92. The van der Waals surface area contributed by atoms with Gasteiger partial charge in [0.1, 0.15) is 5.75 Å². The number of ether oxygens (including phenoxy) is 1. The Balaban J connectivity index is 2.28. The molecule has 0 amide bonds. The molecule has 0 N–H and O–H groups in total. The smallest absolute Gasteiger partial charge is 0.343 e. The lowest BCUT2D eigenvalue weighted by molar-refractivity contribution is -0.385. The Bertz CT molecular complexity index is 722. The van der Waals surface area contributed by atoms with Crippen LogP contribution in [0, 0.1) is 30.9 Å². The van der Waals surface area contributed by atoms with Crippen molar-refractivity contribution in [1.29, 1.82) is 0 Å². The SMILES string of the molecule is Cc1ccc(OC(=O)c2ccc(C)c([N+](=O)[O-])c2)c(C)c1. The first-order valence-electron chi connectivity index (χ1n) is 6.43. The molecule has 2 aromatic rings. The molecule has 0 radical (unpaired) electrons. The highest BCUT2D eigenvalue weighted by Gasteiger charge is 2.17. The standard InChI is InChI=1S/C16H15NO4/c1-10-4-7-15(12(3)8-10)21-16(18)13-6-5-11(2)14(9-13)17(19)20/h4-9H,1-3H3. The minimum absolute atomic E-state index is 0.0925. The van der Waals surface area contributed by atoms with E-state index >= 15 is 0 Å². The molecular formula is C16H15NO4. The summed E-state index contributed by atoms with van der Waals surface area (Å²) in [4.78, 5) is 22.5. The van der Waals surface area contributed by atoms with E-state index in [1.807, 2.05) is 26.0 Å². The Kier molecular flexibility index (Phi) is 4.03. The molecule has 0 aromatic heterocycles. The van der Waals surface area contributed by atoms with E-state index in [-0.39, 0.29) is 11.3 Å². The summed E-state index contributed by atoms with van der Waals surface area (Å²) in [5.74, 6) is -0.154. The number of nitrogens with zero attached hydrogens (tertiary/aromatic N) is 1. The van der Waals surface area contributed by atoms with E-state index in [1.165, 1.54) is 18.2 Å². The second kappa shape index (κ2) is 5.75. The number of rotatable bonds is 3. The van der Waals surface area contributed by atoms with Gasteiger partial charge in [0.25, 0.3) is 5.69 Å². The minimum Gasteiger partial charge on any atom is -0.423 e. The normalized spacial score (nSPS) is 10.2. The van der Waals surface area contributed by atoms with Gasteiger partial charge in [-0.1, -0.05) is 23.8 Å². The average molecular weight is 285 g/mol. The molecule has 0 aliphatic rings. The van der Waals surface area contributed by atoms with E-state index in [9.17, 15) is 14.9 Å². The van der Waals surface area contributed by atoms with Gasteiger partial charge in [-0.05, 0) is 38.5 Å². The lowest BCUT2D eigenvalue weighted by Crippen LogP contribution is -2.10. The fourth-order valence-corrected chi connectivity index (χ4v) is 2.01. The Labute approximate surface area is 122 Å². The third kappa shape index (κ3) is 3.25. The Morgan fingerprint density at radius 2 is 1.76 bits per heavy atom. The van der Waals surface area contributed by atoms with Crippen molar-refractivity contribution in [2.24, 2.45) is 0 Å². The quantitative estimate of drug-likeness (QED) is 0.373. The number of nitro benzene ring substituents is 1. The number of esters is 1. The third-order valence-corrected chi connectivity index (χ3v) is 3.17. The summed E-state index contributed by atoms with van der Waals surface area (Å²) in [5.41, 5.74) is 2.48. The van der Waals surface area contributed by atoms with Crippen LogP contribution in [0.3, 0.4) is 0 Å². The number of benzene rings is 2. The lowest BCUT2D eigenvalue weighted by Gasteiger charge is -2.08. The molecule has 0 saturated heterocycles. The Morgan fingerprint density at radius 3 is 2.38 bits per heavy atom. The molecule has 0 unspecified atom stereocenters. The molecule has 5 nitrogen and oxygen atoms in total. The van der Waals surface area contributed by atoms with Crippen molar-refractivity contribution in [3.05, 3.63) is 68.8 Å². The van der Waals surface area contributed by atoms with Gasteiger partial charge in [0.2, 0.25) is 0 Å². The van der Waals surface area contributed by atoms with Crippen molar-refractivity contribution in [2.75, 3.05) is 0 Å². The highest BCUT2D eigenvalue weighted by Crippen LogP contribution is 2.23. The van der Waals surface area contributed by atoms with Crippen LogP contribution in [-0.2, 0) is 0 Å². The topological polar surface area (TPSA) is 69.4 Å². The molecule has 2 rings (SSSR count). The molecule has 0 fully saturated rings. The molecule has 0 atom stereocenters. The van der Waals surface area contributed by atoms with E-state index in [1.54, 1.807) is 13.0 Å². The first-order chi connectivity index (χ1) is 9.88. The highest BCUT2D eigenvalue weighted by atomic mass is 16.6. The molecule has 0 heterocycles. The second-order valence-corrected chi connectivity index (χ2v) is 4.92. The maximum Gasteiger partial charge on any atom is 0.343 e. The van der Waals surface area contributed by atoms with Crippen molar-refractivity contribution in [1.82, 2.24) is 0 Å². The monoisotopic (exact) mass is 285 g/mol. The molecule has 0 aliphatic carbocycles. The van der Waals surface area contributed by atoms with E-state index < -0.39 is 10.9 Å². The molecule has 0 aliphatic heterocycles. The first-order valence-corrected chi connectivity index (χ1v) is 6.43. The third-order valence-electron chi connectivity index (χ3n) is 3.17. The van der Waals surface area contributed by atoms with Crippen LogP contribution in [0.4, 0.5) is 5.69 Å². The van der Waals surface area contributed by atoms with Crippen LogP contribution < -0.4 is 4.74 Å². The molecule has 108 valence electrons. The zero-order chi connectivity index (χ0) is 15.6. The first kappa shape index (κ1) is 14.7. The number of hydrogen-bond donors (Lipinski definition) is 0. The number of hydrogen-bond acceptors (Lipinski definition) is 4.